The van der Waals surface area contributed by atoms with E-state index in [0.717, 1.165) is 47.7 Å². The summed E-state index contributed by atoms with van der Waals surface area (Å²) >= 11 is 0. The van der Waals surface area contributed by atoms with Crippen LogP contribution in [0.15, 0.2) is 48.7 Å². The van der Waals surface area contributed by atoms with E-state index in [2.05, 4.69) is 16.8 Å². The zero-order valence-corrected chi connectivity index (χ0v) is 15.6. The van der Waals surface area contributed by atoms with Gasteiger partial charge in [0.05, 0.1) is 13.0 Å². The van der Waals surface area contributed by atoms with Gasteiger partial charge in [0.1, 0.15) is 12.0 Å². The molecular formula is C22H23FN3O+. The number of imidazole rings is 1. The number of hydrogen-bond acceptors (Lipinski definition) is 1. The van der Waals surface area contributed by atoms with Gasteiger partial charge in [-0.1, -0.05) is 6.07 Å². The van der Waals surface area contributed by atoms with Crippen LogP contribution < -0.4 is 9.88 Å². The quantitative estimate of drug-likeness (QED) is 0.703. The third-order valence-corrected chi connectivity index (χ3v) is 5.24. The molecule has 1 N–H and O–H groups in total. The molecule has 0 unspecified atom stereocenters. The van der Waals surface area contributed by atoms with Crippen LogP contribution in [0.4, 0.5) is 10.1 Å². The highest BCUT2D eigenvalue weighted by Crippen LogP contribution is 2.25. The first kappa shape index (κ1) is 17.5. The number of carbonyl (C=O) groups is 1. The normalized spacial score (nSPS) is 12.9. The number of anilines is 1. The van der Waals surface area contributed by atoms with Crippen molar-refractivity contribution in [3.05, 3.63) is 71.4 Å². The van der Waals surface area contributed by atoms with Gasteiger partial charge in [-0.2, -0.15) is 0 Å². The second-order valence-corrected chi connectivity index (χ2v) is 7.17. The molecule has 2 heterocycles. The number of hydrogen-bond donors (Lipinski definition) is 1. The Hall–Kier alpha value is -2.95. The maximum atomic E-state index is 13.2. The lowest BCUT2D eigenvalue weighted by molar-refractivity contribution is -0.690. The minimum atomic E-state index is -0.243. The molecular weight excluding hydrogens is 341 g/mol. The third-order valence-electron chi connectivity index (χ3n) is 5.24. The fraction of sp³-hybridized carbons (Fsp3) is 0.273. The Bertz CT molecular complexity index is 1010. The molecule has 0 aliphatic carbocycles. The first-order chi connectivity index (χ1) is 13.0. The molecule has 1 aliphatic rings. The lowest BCUT2D eigenvalue weighted by Crippen LogP contribution is -2.42. The number of nitrogens with zero attached hydrogens (tertiary/aromatic N) is 2. The number of nitrogens with one attached hydrogen (secondary N) is 1. The Morgan fingerprint density at radius 1 is 1.15 bits per heavy atom. The minimum absolute atomic E-state index is 0.0470. The maximum Gasteiger partial charge on any atom is 0.266 e. The Balaban J connectivity index is 1.57. The largest absolute Gasteiger partial charge is 0.323 e. The number of fused-ring (bicyclic) bond motifs is 1. The summed E-state index contributed by atoms with van der Waals surface area (Å²) in [6.07, 6.45) is 4.00. The van der Waals surface area contributed by atoms with Gasteiger partial charge in [0.15, 0.2) is 12.2 Å². The van der Waals surface area contributed by atoms with E-state index in [0.29, 0.717) is 0 Å². The van der Waals surface area contributed by atoms with Crippen molar-refractivity contribution < 1.29 is 13.8 Å². The molecule has 1 aromatic heterocycles. The number of aromatic nitrogens is 2. The van der Waals surface area contributed by atoms with Crippen molar-refractivity contribution >= 4 is 11.6 Å². The molecule has 1 amide bonds. The van der Waals surface area contributed by atoms with Crippen LogP contribution in [-0.4, -0.2) is 10.5 Å². The van der Waals surface area contributed by atoms with E-state index in [4.69, 9.17) is 0 Å². The van der Waals surface area contributed by atoms with Gasteiger partial charge in [-0.25, -0.2) is 13.5 Å². The van der Waals surface area contributed by atoms with Crippen molar-refractivity contribution in [2.24, 2.45) is 0 Å². The molecule has 0 saturated heterocycles. The van der Waals surface area contributed by atoms with Crippen LogP contribution in [0.5, 0.6) is 0 Å². The summed E-state index contributed by atoms with van der Waals surface area (Å²) in [5.41, 5.74) is 5.17. The van der Waals surface area contributed by atoms with Crippen molar-refractivity contribution in [3.63, 3.8) is 0 Å². The van der Waals surface area contributed by atoms with Gasteiger partial charge in [0, 0.05) is 11.3 Å². The molecule has 5 heteroatoms. The summed E-state index contributed by atoms with van der Waals surface area (Å²) in [5, 5.41) is 2.99. The highest BCUT2D eigenvalue weighted by atomic mass is 19.1. The smallest absolute Gasteiger partial charge is 0.266 e. The standard InChI is InChI=1S/C22H22FN3O/c1-15-5-10-19(12-16(15)2)24-21(27)14-25-13-20(26-11-3-4-22(25)26)17-6-8-18(23)9-7-17/h5-10,12-13H,3-4,11,14H2,1-2H3/p+1. The topological polar surface area (TPSA) is 37.9 Å². The highest BCUT2D eigenvalue weighted by molar-refractivity contribution is 5.89. The highest BCUT2D eigenvalue weighted by Gasteiger charge is 2.29. The monoisotopic (exact) mass is 364 g/mol. The van der Waals surface area contributed by atoms with Crippen LogP contribution in [0.25, 0.3) is 11.3 Å². The molecule has 3 aromatic rings. The second kappa shape index (κ2) is 6.99. The number of halogens is 1. The molecule has 0 bridgehead atoms. The predicted molar refractivity (Wildman–Crippen MR) is 103 cm³/mol. The number of aryl methyl sites for hydroxylation is 2. The number of rotatable bonds is 4. The van der Waals surface area contributed by atoms with E-state index < -0.39 is 0 Å². The molecule has 0 fully saturated rings. The second-order valence-electron chi connectivity index (χ2n) is 7.17. The zero-order chi connectivity index (χ0) is 19.0. The van der Waals surface area contributed by atoms with Gasteiger partial charge in [-0.3, -0.25) is 4.79 Å². The predicted octanol–water partition coefficient (Wildman–Crippen LogP) is 3.78. The van der Waals surface area contributed by atoms with E-state index in [1.807, 2.05) is 35.9 Å². The van der Waals surface area contributed by atoms with Crippen molar-refractivity contribution in [2.45, 2.75) is 39.8 Å². The molecule has 0 atom stereocenters. The summed E-state index contributed by atoms with van der Waals surface area (Å²) in [4.78, 5) is 12.6. The van der Waals surface area contributed by atoms with Crippen LogP contribution in [0.1, 0.15) is 23.4 Å². The first-order valence-corrected chi connectivity index (χ1v) is 9.26. The van der Waals surface area contributed by atoms with Gasteiger partial charge in [0.2, 0.25) is 0 Å². The van der Waals surface area contributed by atoms with Crippen LogP contribution in [0, 0.1) is 19.7 Å². The Morgan fingerprint density at radius 3 is 2.67 bits per heavy atom. The molecule has 0 saturated carbocycles. The zero-order valence-electron chi connectivity index (χ0n) is 15.6. The van der Waals surface area contributed by atoms with E-state index in [1.54, 1.807) is 12.1 Å². The van der Waals surface area contributed by atoms with Crippen LogP contribution in [0.3, 0.4) is 0 Å². The van der Waals surface area contributed by atoms with Gasteiger partial charge in [-0.15, -0.1) is 0 Å². The summed E-state index contributed by atoms with van der Waals surface area (Å²) in [6.45, 7) is 5.28. The number of carbonyl (C=O) groups excluding carboxylic acids is 1. The van der Waals surface area contributed by atoms with Gasteiger partial charge >= 0.3 is 0 Å². The molecule has 138 valence electrons. The van der Waals surface area contributed by atoms with Crippen molar-refractivity contribution in [1.29, 1.82) is 0 Å². The fourth-order valence-electron chi connectivity index (χ4n) is 3.67. The third kappa shape index (κ3) is 3.50. The summed E-state index contributed by atoms with van der Waals surface area (Å²) < 4.78 is 17.5. The average Bonchev–Trinajstić information content (AvgIpc) is 3.23. The molecule has 2 aromatic carbocycles. The first-order valence-electron chi connectivity index (χ1n) is 9.26. The van der Waals surface area contributed by atoms with E-state index in [1.165, 1.54) is 17.7 Å². The van der Waals surface area contributed by atoms with Crippen LogP contribution in [-0.2, 0) is 24.3 Å². The van der Waals surface area contributed by atoms with Crippen molar-refractivity contribution in [1.82, 2.24) is 4.57 Å². The van der Waals surface area contributed by atoms with E-state index >= 15 is 0 Å². The van der Waals surface area contributed by atoms with Gasteiger partial charge in [0.25, 0.3) is 11.7 Å². The SMILES string of the molecule is Cc1ccc(NC(=O)C[n+]2cc(-c3ccc(F)cc3)n3c2CCC3)cc1C. The Labute approximate surface area is 158 Å². The number of benzene rings is 2. The molecule has 0 spiro atoms. The van der Waals surface area contributed by atoms with E-state index in [9.17, 15) is 9.18 Å². The maximum absolute atomic E-state index is 13.2. The average molecular weight is 364 g/mol. The van der Waals surface area contributed by atoms with Gasteiger partial charge in [-0.05, 0) is 67.8 Å². The van der Waals surface area contributed by atoms with Crippen molar-refractivity contribution in [3.8, 4) is 11.3 Å². The molecule has 1 aliphatic heterocycles. The van der Waals surface area contributed by atoms with Crippen molar-refractivity contribution in [2.75, 3.05) is 5.32 Å². The Morgan fingerprint density at radius 2 is 1.93 bits per heavy atom. The summed E-state index contributed by atoms with van der Waals surface area (Å²) in [6, 6.07) is 12.5. The van der Waals surface area contributed by atoms with Gasteiger partial charge < -0.3 is 5.32 Å². The molecule has 27 heavy (non-hydrogen) atoms. The number of amides is 1. The minimum Gasteiger partial charge on any atom is -0.323 e. The summed E-state index contributed by atoms with van der Waals surface area (Å²) in [7, 11) is 0. The lowest BCUT2D eigenvalue weighted by atomic mass is 10.1. The van der Waals surface area contributed by atoms with Crippen LogP contribution >= 0.6 is 0 Å². The summed E-state index contributed by atoms with van der Waals surface area (Å²) in [5.74, 6) is 0.853. The molecule has 4 rings (SSSR count). The van der Waals surface area contributed by atoms with Crippen LogP contribution in [0.2, 0.25) is 0 Å². The van der Waals surface area contributed by atoms with E-state index in [-0.39, 0.29) is 18.3 Å². The Kier molecular flexibility index (Phi) is 4.52. The molecule has 4 nitrogen and oxygen atoms in total. The molecule has 0 radical (unpaired) electrons. The lowest BCUT2D eigenvalue weighted by Gasteiger charge is -2.07. The fourth-order valence-corrected chi connectivity index (χ4v) is 3.67.